The summed E-state index contributed by atoms with van der Waals surface area (Å²) in [6.45, 7) is 0.877. The van der Waals surface area contributed by atoms with Crippen LogP contribution in [0.2, 0.25) is 0 Å². The predicted molar refractivity (Wildman–Crippen MR) is 135 cm³/mol. The van der Waals surface area contributed by atoms with Crippen LogP contribution in [0.5, 0.6) is 0 Å². The Bertz CT molecular complexity index is 1410. The number of carbonyl (C=O) groups is 1. The molecular weight excluding hydrogens is 490 g/mol. The van der Waals surface area contributed by atoms with Gasteiger partial charge in [0.1, 0.15) is 11.6 Å². The number of nitrogens with zero attached hydrogens (tertiary/aromatic N) is 5. The molecule has 2 saturated carbocycles. The Morgan fingerprint density at radius 3 is 2.49 bits per heavy atom. The minimum atomic E-state index is -3.26. The summed E-state index contributed by atoms with van der Waals surface area (Å²) < 4.78 is 30.6. The van der Waals surface area contributed by atoms with E-state index >= 15 is 0 Å². The van der Waals surface area contributed by atoms with E-state index in [2.05, 4.69) is 19.9 Å². The second-order valence-electron chi connectivity index (χ2n) is 10.3. The van der Waals surface area contributed by atoms with Gasteiger partial charge in [-0.05, 0) is 56.7 Å². The van der Waals surface area contributed by atoms with Crippen molar-refractivity contribution in [3.8, 4) is 11.3 Å². The van der Waals surface area contributed by atoms with Crippen LogP contribution in [-0.2, 0) is 37.0 Å². The molecule has 1 aliphatic heterocycles. The first kappa shape index (κ1) is 24.2. The Morgan fingerprint density at radius 1 is 0.973 bits per heavy atom. The van der Waals surface area contributed by atoms with Crippen LogP contribution in [0.4, 0.5) is 0 Å². The lowest BCUT2D eigenvalue weighted by atomic mass is 9.72. The summed E-state index contributed by atoms with van der Waals surface area (Å²) in [5.41, 5.74) is 3.04. The first-order valence-corrected chi connectivity index (χ1v) is 14.6. The molecule has 0 spiro atoms. The van der Waals surface area contributed by atoms with Crippen molar-refractivity contribution in [2.45, 2.75) is 67.3 Å². The van der Waals surface area contributed by atoms with Crippen LogP contribution in [0.1, 0.15) is 67.3 Å². The van der Waals surface area contributed by atoms with E-state index in [9.17, 15) is 13.2 Å². The highest BCUT2D eigenvalue weighted by Crippen LogP contribution is 2.39. The maximum atomic E-state index is 13.8. The third-order valence-electron chi connectivity index (χ3n) is 7.55. The number of pyridine rings is 1. The Morgan fingerprint density at radius 2 is 1.78 bits per heavy atom. The molecule has 0 unspecified atom stereocenters. The number of hydrogen-bond acceptors (Lipinski definition) is 9. The van der Waals surface area contributed by atoms with E-state index < -0.39 is 15.3 Å². The van der Waals surface area contributed by atoms with Crippen LogP contribution in [0.3, 0.4) is 0 Å². The summed E-state index contributed by atoms with van der Waals surface area (Å²) in [6, 6.07) is 5.52. The normalized spacial score (nSPS) is 19.5. The molecule has 37 heavy (non-hydrogen) atoms. The van der Waals surface area contributed by atoms with Crippen LogP contribution in [0, 0.1) is 0 Å². The third-order valence-corrected chi connectivity index (χ3v) is 9.70. The standard InChI is InChI=1S/C27H29N5O4S/c33-25(13-20-4-3-19(14-30-20)23-16-28-15-22(31-23)18-1-2-18)27(8-11-36-12-9-27)24-7-10-29-26(32-24)17-37(34,35)21-5-6-21/h3-4,7,10,14-16,18,21H,1-2,5-6,8-9,11-13,17H2. The van der Waals surface area contributed by atoms with Gasteiger partial charge in [0.05, 0.1) is 33.9 Å². The van der Waals surface area contributed by atoms with Gasteiger partial charge in [0.25, 0.3) is 0 Å². The lowest BCUT2D eigenvalue weighted by molar-refractivity contribution is -0.127. The number of ether oxygens (including phenoxy) is 1. The average molecular weight is 520 g/mol. The highest BCUT2D eigenvalue weighted by atomic mass is 32.2. The number of sulfone groups is 1. The average Bonchev–Trinajstić information content (AvgIpc) is 3.82. The van der Waals surface area contributed by atoms with E-state index in [1.165, 1.54) is 0 Å². The molecule has 4 heterocycles. The van der Waals surface area contributed by atoms with Crippen molar-refractivity contribution >= 4 is 15.6 Å². The largest absolute Gasteiger partial charge is 0.381 e. The quantitative estimate of drug-likeness (QED) is 0.419. The van der Waals surface area contributed by atoms with E-state index in [4.69, 9.17) is 9.72 Å². The first-order valence-electron chi connectivity index (χ1n) is 12.9. The fourth-order valence-corrected chi connectivity index (χ4v) is 6.56. The van der Waals surface area contributed by atoms with E-state index in [0.717, 1.165) is 29.8 Å². The van der Waals surface area contributed by atoms with Crippen LogP contribution >= 0.6 is 0 Å². The van der Waals surface area contributed by atoms with Gasteiger partial charge in [0.15, 0.2) is 15.6 Å². The van der Waals surface area contributed by atoms with Gasteiger partial charge in [-0.25, -0.2) is 23.4 Å². The molecule has 3 aromatic heterocycles. The number of carbonyl (C=O) groups excluding carboxylic acids is 1. The topological polar surface area (TPSA) is 125 Å². The Labute approximate surface area is 216 Å². The van der Waals surface area contributed by atoms with Gasteiger partial charge in [0, 0.05) is 55.4 Å². The fraction of sp³-hybridized carbons (Fsp3) is 0.481. The molecule has 3 aliphatic rings. The molecule has 0 aromatic carbocycles. The van der Waals surface area contributed by atoms with Gasteiger partial charge in [-0.3, -0.25) is 14.8 Å². The monoisotopic (exact) mass is 519 g/mol. The molecule has 1 saturated heterocycles. The summed E-state index contributed by atoms with van der Waals surface area (Å²) in [5.74, 6) is 0.575. The van der Waals surface area contributed by atoms with E-state index in [0.29, 0.717) is 56.2 Å². The van der Waals surface area contributed by atoms with Crippen molar-refractivity contribution in [2.24, 2.45) is 0 Å². The molecule has 0 radical (unpaired) electrons. The molecule has 2 aliphatic carbocycles. The Kier molecular flexibility index (Phi) is 6.32. The van der Waals surface area contributed by atoms with Crippen LogP contribution in [0.15, 0.2) is 43.0 Å². The molecular formula is C27H29N5O4S. The van der Waals surface area contributed by atoms with E-state index in [1.807, 2.05) is 18.3 Å². The van der Waals surface area contributed by atoms with Gasteiger partial charge in [-0.1, -0.05) is 0 Å². The zero-order valence-electron chi connectivity index (χ0n) is 20.5. The number of Topliss-reactive ketones (excluding diaryl/α,β-unsaturated/α-hetero) is 1. The van der Waals surface area contributed by atoms with Crippen LogP contribution < -0.4 is 0 Å². The zero-order valence-corrected chi connectivity index (χ0v) is 21.4. The lowest BCUT2D eigenvalue weighted by Crippen LogP contribution is -2.43. The molecule has 0 atom stereocenters. The molecule has 0 bridgehead atoms. The molecule has 0 amide bonds. The van der Waals surface area contributed by atoms with Gasteiger partial charge in [-0.15, -0.1) is 0 Å². The number of rotatable bonds is 9. The summed E-state index contributed by atoms with van der Waals surface area (Å²) in [5, 5.41) is -0.283. The van der Waals surface area contributed by atoms with Crippen molar-refractivity contribution in [3.05, 3.63) is 65.9 Å². The van der Waals surface area contributed by atoms with Crippen molar-refractivity contribution in [1.82, 2.24) is 24.9 Å². The highest BCUT2D eigenvalue weighted by molar-refractivity contribution is 7.91. The van der Waals surface area contributed by atoms with Crippen molar-refractivity contribution in [3.63, 3.8) is 0 Å². The molecule has 192 valence electrons. The van der Waals surface area contributed by atoms with Crippen LogP contribution in [-0.4, -0.2) is 57.6 Å². The van der Waals surface area contributed by atoms with Gasteiger partial charge >= 0.3 is 0 Å². The smallest absolute Gasteiger partial charge is 0.160 e. The zero-order chi connectivity index (χ0) is 25.5. The van der Waals surface area contributed by atoms with Gasteiger partial charge < -0.3 is 4.74 Å². The van der Waals surface area contributed by atoms with Crippen LogP contribution in [0.25, 0.3) is 11.3 Å². The minimum absolute atomic E-state index is 0.00118. The second kappa shape index (κ2) is 9.64. The molecule has 9 nitrogen and oxygen atoms in total. The molecule has 3 aromatic rings. The second-order valence-corrected chi connectivity index (χ2v) is 12.6. The summed E-state index contributed by atoms with van der Waals surface area (Å²) in [7, 11) is -3.26. The maximum absolute atomic E-state index is 13.8. The summed E-state index contributed by atoms with van der Waals surface area (Å²) >= 11 is 0. The first-order chi connectivity index (χ1) is 17.9. The molecule has 6 rings (SSSR count). The molecule has 10 heteroatoms. The van der Waals surface area contributed by atoms with Crippen molar-refractivity contribution in [1.29, 1.82) is 0 Å². The highest BCUT2D eigenvalue weighted by Gasteiger charge is 2.43. The maximum Gasteiger partial charge on any atom is 0.160 e. The summed E-state index contributed by atoms with van der Waals surface area (Å²) in [6.07, 6.45) is 11.7. The molecule has 0 N–H and O–H groups in total. The SMILES string of the molecule is O=C(Cc1ccc(-c2cncc(C3CC3)n2)cn1)C1(c2ccnc(CS(=O)(=O)C3CC3)n2)CCOCC1. The molecule has 3 fully saturated rings. The lowest BCUT2D eigenvalue weighted by Gasteiger charge is -2.35. The third kappa shape index (κ3) is 5.17. The van der Waals surface area contributed by atoms with Crippen molar-refractivity contribution in [2.75, 3.05) is 13.2 Å². The minimum Gasteiger partial charge on any atom is -0.381 e. The Balaban J connectivity index is 1.22. The fourth-order valence-electron chi connectivity index (χ4n) is 4.97. The number of ketones is 1. The predicted octanol–water partition coefficient (Wildman–Crippen LogP) is 3.14. The number of hydrogen-bond donors (Lipinski definition) is 0. The Hall–Kier alpha value is -3.11. The summed E-state index contributed by atoms with van der Waals surface area (Å²) in [4.78, 5) is 36.2. The van der Waals surface area contributed by atoms with E-state index in [-0.39, 0.29) is 29.0 Å². The van der Waals surface area contributed by atoms with E-state index in [1.54, 1.807) is 24.7 Å². The van der Waals surface area contributed by atoms with Gasteiger partial charge in [0.2, 0.25) is 0 Å². The van der Waals surface area contributed by atoms with Gasteiger partial charge in [-0.2, -0.15) is 0 Å². The number of aromatic nitrogens is 5. The van der Waals surface area contributed by atoms with Crippen molar-refractivity contribution < 1.29 is 17.9 Å².